The number of carbonyl (C=O) groups excluding carboxylic acids is 2. The molecule has 1 aromatic carbocycles. The predicted octanol–water partition coefficient (Wildman–Crippen LogP) is 2.00. The molecule has 0 saturated carbocycles. The van der Waals surface area contributed by atoms with E-state index in [0.29, 0.717) is 64.3 Å². The summed E-state index contributed by atoms with van der Waals surface area (Å²) in [5.74, 6) is 0.00761. The summed E-state index contributed by atoms with van der Waals surface area (Å²) in [7, 11) is 0. The Hall–Kier alpha value is -2.71. The Bertz CT molecular complexity index is 930. The van der Waals surface area contributed by atoms with Crippen molar-refractivity contribution in [3.8, 4) is 0 Å². The summed E-state index contributed by atoms with van der Waals surface area (Å²) < 4.78 is 16.9. The third kappa shape index (κ3) is 3.97. The van der Waals surface area contributed by atoms with Crippen molar-refractivity contribution in [1.29, 1.82) is 0 Å². The van der Waals surface area contributed by atoms with Crippen LogP contribution in [0.2, 0.25) is 0 Å². The van der Waals surface area contributed by atoms with Crippen LogP contribution in [-0.4, -0.2) is 72.3 Å². The molecule has 3 aliphatic rings. The van der Waals surface area contributed by atoms with Gasteiger partial charge in [0.2, 0.25) is 5.91 Å². The number of hydrogen-bond acceptors (Lipinski definition) is 6. The first-order valence-corrected chi connectivity index (χ1v) is 11.0. The Morgan fingerprint density at radius 3 is 2.55 bits per heavy atom. The normalized spacial score (nSPS) is 22.9. The SMILES string of the molecule is O=C(CC1Cc2ccccc2C2(CCN(C(=O)c3ccon3)CC2)O1)N1CCOCC1. The maximum absolute atomic E-state index is 12.8. The predicted molar refractivity (Wildman–Crippen MR) is 110 cm³/mol. The van der Waals surface area contributed by atoms with E-state index in [4.69, 9.17) is 14.0 Å². The van der Waals surface area contributed by atoms with Crippen molar-refractivity contribution < 1.29 is 23.6 Å². The minimum atomic E-state index is -0.467. The number of nitrogens with zero attached hydrogens (tertiary/aromatic N) is 3. The highest BCUT2D eigenvalue weighted by Crippen LogP contribution is 2.44. The van der Waals surface area contributed by atoms with Crippen LogP contribution in [-0.2, 0) is 26.3 Å². The fraction of sp³-hybridized carbons (Fsp3) is 0.522. The van der Waals surface area contributed by atoms with Gasteiger partial charge in [-0.25, -0.2) is 0 Å². The molecule has 8 nitrogen and oxygen atoms in total. The van der Waals surface area contributed by atoms with Crippen molar-refractivity contribution in [2.75, 3.05) is 39.4 Å². The first-order chi connectivity index (χ1) is 15.1. The van der Waals surface area contributed by atoms with E-state index in [1.165, 1.54) is 17.4 Å². The molecule has 164 valence electrons. The van der Waals surface area contributed by atoms with E-state index in [1.54, 1.807) is 11.0 Å². The van der Waals surface area contributed by atoms with E-state index >= 15 is 0 Å². The second kappa shape index (κ2) is 8.43. The smallest absolute Gasteiger partial charge is 0.276 e. The third-order valence-electron chi connectivity index (χ3n) is 6.63. The zero-order chi connectivity index (χ0) is 21.3. The molecule has 2 fully saturated rings. The number of rotatable bonds is 3. The number of aromatic nitrogens is 1. The van der Waals surface area contributed by atoms with Crippen LogP contribution in [0.5, 0.6) is 0 Å². The maximum Gasteiger partial charge on any atom is 0.276 e. The number of benzene rings is 1. The number of carbonyl (C=O) groups is 2. The largest absolute Gasteiger partial charge is 0.378 e. The van der Waals surface area contributed by atoms with Gasteiger partial charge in [-0.2, -0.15) is 0 Å². The van der Waals surface area contributed by atoms with E-state index < -0.39 is 5.60 Å². The lowest BCUT2D eigenvalue weighted by molar-refractivity contribution is -0.155. The number of ether oxygens (including phenoxy) is 2. The van der Waals surface area contributed by atoms with Crippen molar-refractivity contribution >= 4 is 11.8 Å². The van der Waals surface area contributed by atoms with E-state index in [1.807, 2.05) is 17.0 Å². The highest BCUT2D eigenvalue weighted by Gasteiger charge is 2.45. The minimum Gasteiger partial charge on any atom is -0.378 e. The molecule has 1 spiro atoms. The summed E-state index contributed by atoms with van der Waals surface area (Å²) >= 11 is 0. The quantitative estimate of drug-likeness (QED) is 0.748. The molecule has 5 rings (SSSR count). The van der Waals surface area contributed by atoms with Gasteiger partial charge >= 0.3 is 0 Å². The molecule has 4 heterocycles. The number of amides is 2. The van der Waals surface area contributed by atoms with E-state index in [0.717, 1.165) is 6.42 Å². The molecule has 3 aliphatic heterocycles. The molecular formula is C23H27N3O5. The lowest BCUT2D eigenvalue weighted by atomic mass is 9.77. The Morgan fingerprint density at radius 2 is 1.81 bits per heavy atom. The lowest BCUT2D eigenvalue weighted by Gasteiger charge is -2.47. The second-order valence-corrected chi connectivity index (χ2v) is 8.47. The summed E-state index contributed by atoms with van der Waals surface area (Å²) in [5, 5.41) is 3.77. The van der Waals surface area contributed by atoms with E-state index in [9.17, 15) is 9.59 Å². The minimum absolute atomic E-state index is 0.119. The highest BCUT2D eigenvalue weighted by atomic mass is 16.5. The molecule has 2 aromatic rings. The van der Waals surface area contributed by atoms with Gasteiger partial charge in [-0.05, 0) is 30.4 Å². The Balaban J connectivity index is 1.31. The molecule has 8 heteroatoms. The third-order valence-corrected chi connectivity index (χ3v) is 6.63. The summed E-state index contributed by atoms with van der Waals surface area (Å²) in [6.07, 6.45) is 3.73. The van der Waals surface area contributed by atoms with Crippen LogP contribution in [0.25, 0.3) is 0 Å². The number of hydrogen-bond donors (Lipinski definition) is 0. The summed E-state index contributed by atoms with van der Waals surface area (Å²) in [6, 6.07) is 9.94. The van der Waals surface area contributed by atoms with Gasteiger partial charge in [-0.15, -0.1) is 0 Å². The molecule has 0 aliphatic carbocycles. The van der Waals surface area contributed by atoms with Crippen molar-refractivity contribution in [1.82, 2.24) is 15.0 Å². The van der Waals surface area contributed by atoms with Crippen molar-refractivity contribution in [2.45, 2.75) is 37.4 Å². The van der Waals surface area contributed by atoms with Crippen molar-refractivity contribution in [2.24, 2.45) is 0 Å². The van der Waals surface area contributed by atoms with Gasteiger partial charge in [0.1, 0.15) is 6.26 Å². The molecule has 0 N–H and O–H groups in total. The zero-order valence-electron chi connectivity index (χ0n) is 17.5. The van der Waals surface area contributed by atoms with Gasteiger partial charge in [0.05, 0.1) is 31.3 Å². The average molecular weight is 425 g/mol. The van der Waals surface area contributed by atoms with Crippen molar-refractivity contribution in [3.05, 3.63) is 53.4 Å². The van der Waals surface area contributed by atoms with Gasteiger partial charge in [-0.3, -0.25) is 9.59 Å². The van der Waals surface area contributed by atoms with E-state index in [2.05, 4.69) is 17.3 Å². The van der Waals surface area contributed by atoms with E-state index in [-0.39, 0.29) is 17.9 Å². The standard InChI is InChI=1S/C23H27N3O5/c27-21(25-10-13-29-14-11-25)16-18-15-17-3-1-2-4-19(17)23(31-18)6-8-26(9-7-23)22(28)20-5-12-30-24-20/h1-5,12,18H,6-11,13-16H2. The Morgan fingerprint density at radius 1 is 1.03 bits per heavy atom. The fourth-order valence-corrected chi connectivity index (χ4v) is 5.01. The van der Waals surface area contributed by atoms with Crippen LogP contribution in [0, 0.1) is 0 Å². The molecule has 1 aromatic heterocycles. The lowest BCUT2D eigenvalue weighted by Crippen LogP contribution is -2.51. The molecule has 0 radical (unpaired) electrons. The number of likely N-dealkylation sites (tertiary alicyclic amines) is 1. The zero-order valence-corrected chi connectivity index (χ0v) is 17.5. The number of piperidine rings is 1. The number of fused-ring (bicyclic) bond motifs is 2. The van der Waals surface area contributed by atoms with Gasteiger partial charge < -0.3 is 23.8 Å². The van der Waals surface area contributed by atoms with Crippen LogP contribution >= 0.6 is 0 Å². The molecule has 0 bridgehead atoms. The molecule has 31 heavy (non-hydrogen) atoms. The highest BCUT2D eigenvalue weighted by molar-refractivity contribution is 5.92. The van der Waals surface area contributed by atoms with Crippen LogP contribution in [0.1, 0.15) is 40.9 Å². The summed E-state index contributed by atoms with van der Waals surface area (Å²) in [5.41, 5.74) is 2.30. The molecule has 1 unspecified atom stereocenters. The van der Waals surface area contributed by atoms with Crippen molar-refractivity contribution in [3.63, 3.8) is 0 Å². The van der Waals surface area contributed by atoms with Gasteiger partial charge in [-0.1, -0.05) is 29.4 Å². The molecular weight excluding hydrogens is 398 g/mol. The summed E-state index contributed by atoms with van der Waals surface area (Å²) in [4.78, 5) is 29.2. The van der Waals surface area contributed by atoms with Gasteiger partial charge in [0.15, 0.2) is 5.69 Å². The van der Waals surface area contributed by atoms with Crippen LogP contribution in [0.4, 0.5) is 0 Å². The monoisotopic (exact) mass is 425 g/mol. The van der Waals surface area contributed by atoms with Crippen LogP contribution in [0.3, 0.4) is 0 Å². The topological polar surface area (TPSA) is 85.1 Å². The molecule has 2 saturated heterocycles. The Kier molecular flexibility index (Phi) is 5.50. The molecule has 1 atom stereocenters. The summed E-state index contributed by atoms with van der Waals surface area (Å²) in [6.45, 7) is 3.63. The fourth-order valence-electron chi connectivity index (χ4n) is 5.01. The average Bonchev–Trinajstić information content (AvgIpc) is 3.35. The molecule has 2 amide bonds. The van der Waals surface area contributed by atoms with Crippen LogP contribution < -0.4 is 0 Å². The Labute approximate surface area is 181 Å². The first kappa shape index (κ1) is 20.2. The second-order valence-electron chi connectivity index (χ2n) is 8.47. The van der Waals surface area contributed by atoms with Gasteiger partial charge in [0, 0.05) is 32.2 Å². The number of morpholine rings is 1. The van der Waals surface area contributed by atoms with Crippen LogP contribution in [0.15, 0.2) is 41.1 Å². The van der Waals surface area contributed by atoms with Gasteiger partial charge in [0.25, 0.3) is 5.91 Å². The maximum atomic E-state index is 12.8. The first-order valence-electron chi connectivity index (χ1n) is 11.0.